The molecule has 154 valence electrons. The average Bonchev–Trinajstić information content (AvgIpc) is 2.72. The Hall–Kier alpha value is -3.16. The van der Waals surface area contributed by atoms with Crippen LogP contribution in [-0.2, 0) is 0 Å². The van der Waals surface area contributed by atoms with Crippen molar-refractivity contribution in [3.63, 3.8) is 0 Å². The Morgan fingerprint density at radius 2 is 2.10 bits per heavy atom. The number of benzene rings is 1. The summed E-state index contributed by atoms with van der Waals surface area (Å²) in [5.41, 5.74) is 1.01. The number of urea groups is 1. The van der Waals surface area contributed by atoms with Gasteiger partial charge >= 0.3 is 6.03 Å². The highest BCUT2D eigenvalue weighted by Gasteiger charge is 2.25. The molecular formula is C21H26FN5O2. The van der Waals surface area contributed by atoms with Gasteiger partial charge in [-0.15, -0.1) is 0 Å². The number of pyridine rings is 1. The molecule has 2 N–H and O–H groups in total. The minimum Gasteiger partial charge on any atom is -0.363 e. The minimum absolute atomic E-state index is 0.0237. The molecule has 0 spiro atoms. The third kappa shape index (κ3) is 5.66. The lowest BCUT2D eigenvalue weighted by atomic mass is 9.97. The van der Waals surface area contributed by atoms with Gasteiger partial charge in [0.2, 0.25) is 0 Å². The molecule has 1 saturated heterocycles. The second-order valence-corrected chi connectivity index (χ2v) is 7.40. The molecule has 1 fully saturated rings. The number of rotatable bonds is 5. The number of piperidine rings is 1. The molecule has 1 aliphatic heterocycles. The highest BCUT2D eigenvalue weighted by atomic mass is 19.1. The summed E-state index contributed by atoms with van der Waals surface area (Å²) in [6, 6.07) is 8.87. The Labute approximate surface area is 169 Å². The molecule has 3 amide bonds. The van der Waals surface area contributed by atoms with E-state index in [1.165, 1.54) is 18.2 Å². The van der Waals surface area contributed by atoms with Crippen molar-refractivity contribution in [1.82, 2.24) is 15.2 Å². The zero-order chi connectivity index (χ0) is 20.8. The van der Waals surface area contributed by atoms with E-state index >= 15 is 0 Å². The summed E-state index contributed by atoms with van der Waals surface area (Å²) in [6.45, 7) is 1.73. The smallest absolute Gasteiger partial charge is 0.319 e. The maximum absolute atomic E-state index is 13.2. The average molecular weight is 399 g/mol. The Morgan fingerprint density at radius 3 is 2.86 bits per heavy atom. The standard InChI is InChI=1S/C21H26FN5O2/c1-26(2)19-11-16(8-9-23-19)20(28)27-10-4-5-15(14-27)13-24-21(29)25-18-7-3-6-17(22)12-18/h3,6-9,11-12,15H,4-5,10,13-14H2,1-2H3,(H2,24,25,29). The van der Waals surface area contributed by atoms with Crippen LogP contribution in [0, 0.1) is 11.7 Å². The van der Waals surface area contributed by atoms with Gasteiger partial charge in [-0.25, -0.2) is 14.2 Å². The van der Waals surface area contributed by atoms with E-state index < -0.39 is 5.82 Å². The molecule has 3 rings (SSSR count). The topological polar surface area (TPSA) is 77.6 Å². The summed E-state index contributed by atoms with van der Waals surface area (Å²) in [6.07, 6.45) is 3.46. The van der Waals surface area contributed by atoms with Crippen LogP contribution >= 0.6 is 0 Å². The third-order valence-electron chi connectivity index (χ3n) is 4.89. The van der Waals surface area contributed by atoms with Crippen molar-refractivity contribution in [1.29, 1.82) is 0 Å². The van der Waals surface area contributed by atoms with Crippen molar-refractivity contribution >= 4 is 23.4 Å². The predicted molar refractivity (Wildman–Crippen MR) is 111 cm³/mol. The molecule has 1 aliphatic rings. The number of aromatic nitrogens is 1. The second kappa shape index (κ2) is 9.36. The second-order valence-electron chi connectivity index (χ2n) is 7.40. The number of amides is 3. The Morgan fingerprint density at radius 1 is 1.28 bits per heavy atom. The fourth-order valence-corrected chi connectivity index (χ4v) is 3.37. The molecule has 1 atom stereocenters. The van der Waals surface area contributed by atoms with E-state index in [0.717, 1.165) is 18.7 Å². The van der Waals surface area contributed by atoms with E-state index in [9.17, 15) is 14.0 Å². The first-order chi connectivity index (χ1) is 13.9. The first kappa shape index (κ1) is 20.6. The van der Waals surface area contributed by atoms with Crippen molar-refractivity contribution in [2.45, 2.75) is 12.8 Å². The van der Waals surface area contributed by atoms with Gasteiger partial charge in [0.1, 0.15) is 11.6 Å². The van der Waals surface area contributed by atoms with Gasteiger partial charge < -0.3 is 20.4 Å². The summed E-state index contributed by atoms with van der Waals surface area (Å²) >= 11 is 0. The first-order valence-electron chi connectivity index (χ1n) is 9.65. The molecule has 29 heavy (non-hydrogen) atoms. The molecule has 0 bridgehead atoms. The van der Waals surface area contributed by atoms with Crippen LogP contribution in [-0.4, -0.2) is 55.6 Å². The van der Waals surface area contributed by atoms with Crippen LogP contribution in [0.1, 0.15) is 23.2 Å². The van der Waals surface area contributed by atoms with Gasteiger partial charge in [-0.3, -0.25) is 4.79 Å². The maximum atomic E-state index is 13.2. The number of nitrogens with zero attached hydrogens (tertiary/aromatic N) is 3. The minimum atomic E-state index is -0.405. The van der Waals surface area contributed by atoms with Crippen LogP contribution in [0.2, 0.25) is 0 Å². The van der Waals surface area contributed by atoms with Gasteiger partial charge in [-0.1, -0.05) is 6.07 Å². The molecule has 1 aromatic carbocycles. The van der Waals surface area contributed by atoms with Gasteiger partial charge in [0.25, 0.3) is 5.91 Å². The van der Waals surface area contributed by atoms with Crippen molar-refractivity contribution < 1.29 is 14.0 Å². The quantitative estimate of drug-likeness (QED) is 0.810. The van der Waals surface area contributed by atoms with Crippen molar-refractivity contribution in [3.05, 3.63) is 54.0 Å². The van der Waals surface area contributed by atoms with E-state index in [0.29, 0.717) is 30.9 Å². The number of hydrogen-bond donors (Lipinski definition) is 2. The number of carbonyl (C=O) groups is 2. The van der Waals surface area contributed by atoms with Gasteiger partial charge in [-0.2, -0.15) is 0 Å². The zero-order valence-corrected chi connectivity index (χ0v) is 16.7. The van der Waals surface area contributed by atoms with Crippen molar-refractivity contribution in [2.75, 3.05) is 43.9 Å². The molecule has 2 heterocycles. The summed E-state index contributed by atoms with van der Waals surface area (Å²) < 4.78 is 13.2. The molecule has 2 aromatic rings. The van der Waals surface area contributed by atoms with E-state index in [2.05, 4.69) is 15.6 Å². The molecule has 0 aliphatic carbocycles. The van der Waals surface area contributed by atoms with Crippen LogP contribution in [0.5, 0.6) is 0 Å². The third-order valence-corrected chi connectivity index (χ3v) is 4.89. The molecule has 1 unspecified atom stereocenters. The fourth-order valence-electron chi connectivity index (χ4n) is 3.37. The molecule has 0 saturated carbocycles. The van der Waals surface area contributed by atoms with E-state index in [-0.39, 0.29) is 17.9 Å². The fraction of sp³-hybridized carbons (Fsp3) is 0.381. The number of nitrogens with one attached hydrogen (secondary N) is 2. The summed E-state index contributed by atoms with van der Waals surface area (Å²) in [4.78, 5) is 32.9. The number of carbonyl (C=O) groups excluding carboxylic acids is 2. The predicted octanol–water partition coefficient (Wildman–Crippen LogP) is 2.96. The summed E-state index contributed by atoms with van der Waals surface area (Å²) in [5, 5.41) is 5.43. The number of anilines is 2. The molecule has 8 heteroatoms. The first-order valence-corrected chi connectivity index (χ1v) is 9.65. The normalized spacial score (nSPS) is 16.2. The monoisotopic (exact) mass is 399 g/mol. The van der Waals surface area contributed by atoms with Crippen molar-refractivity contribution in [3.8, 4) is 0 Å². The molecule has 1 aromatic heterocycles. The SMILES string of the molecule is CN(C)c1cc(C(=O)N2CCCC(CNC(=O)Nc3cccc(F)c3)C2)ccn1. The Balaban J connectivity index is 1.53. The van der Waals surface area contributed by atoms with Crippen LogP contribution in [0.4, 0.5) is 20.7 Å². The van der Waals surface area contributed by atoms with E-state index in [1.54, 1.807) is 24.4 Å². The van der Waals surface area contributed by atoms with Gasteiger partial charge in [0.05, 0.1) is 0 Å². The van der Waals surface area contributed by atoms with Gasteiger partial charge in [-0.05, 0) is 49.1 Å². The largest absolute Gasteiger partial charge is 0.363 e. The highest BCUT2D eigenvalue weighted by Crippen LogP contribution is 2.19. The van der Waals surface area contributed by atoms with E-state index in [1.807, 2.05) is 23.9 Å². The van der Waals surface area contributed by atoms with Gasteiger partial charge in [0, 0.05) is 51.2 Å². The maximum Gasteiger partial charge on any atom is 0.319 e. The number of likely N-dealkylation sites (tertiary alicyclic amines) is 1. The Kier molecular flexibility index (Phi) is 6.64. The highest BCUT2D eigenvalue weighted by molar-refractivity contribution is 5.95. The lowest BCUT2D eigenvalue weighted by Crippen LogP contribution is -2.44. The number of hydrogen-bond acceptors (Lipinski definition) is 4. The van der Waals surface area contributed by atoms with Crippen molar-refractivity contribution in [2.24, 2.45) is 5.92 Å². The summed E-state index contributed by atoms with van der Waals surface area (Å²) in [7, 11) is 3.77. The lowest BCUT2D eigenvalue weighted by Gasteiger charge is -2.33. The lowest BCUT2D eigenvalue weighted by molar-refractivity contribution is 0.0675. The zero-order valence-electron chi connectivity index (χ0n) is 16.7. The Bertz CT molecular complexity index is 874. The molecular weight excluding hydrogens is 373 g/mol. The van der Waals surface area contributed by atoms with E-state index in [4.69, 9.17) is 0 Å². The number of halogens is 1. The van der Waals surface area contributed by atoms with Crippen LogP contribution in [0.3, 0.4) is 0 Å². The van der Waals surface area contributed by atoms with Gasteiger partial charge in [0.15, 0.2) is 0 Å². The van der Waals surface area contributed by atoms with Crippen LogP contribution in [0.25, 0.3) is 0 Å². The van der Waals surface area contributed by atoms with Crippen LogP contribution in [0.15, 0.2) is 42.6 Å². The van der Waals surface area contributed by atoms with Crippen LogP contribution < -0.4 is 15.5 Å². The summed E-state index contributed by atoms with van der Waals surface area (Å²) in [5.74, 6) is 0.475. The molecule has 7 nitrogen and oxygen atoms in total. The molecule has 0 radical (unpaired) electrons.